The van der Waals surface area contributed by atoms with Gasteiger partial charge in [-0.3, -0.25) is 0 Å². The molecule has 4 heteroatoms. The van der Waals surface area contributed by atoms with Gasteiger partial charge in [0, 0.05) is 16.7 Å². The molecule has 0 radical (unpaired) electrons. The molecule has 2 nitrogen and oxygen atoms in total. The first kappa shape index (κ1) is 14.0. The quantitative estimate of drug-likeness (QED) is 0.899. The van der Waals surface area contributed by atoms with Gasteiger partial charge in [0.05, 0.1) is 5.69 Å². The molecule has 0 amide bonds. The van der Waals surface area contributed by atoms with Crippen molar-refractivity contribution in [3.63, 3.8) is 0 Å². The number of aryl methyl sites for hydroxylation is 1. The van der Waals surface area contributed by atoms with Gasteiger partial charge in [-0.15, -0.1) is 11.3 Å². The first-order chi connectivity index (χ1) is 8.77. The Balaban J connectivity index is 2.38. The van der Waals surface area contributed by atoms with Crippen molar-refractivity contribution in [2.75, 3.05) is 5.73 Å². The SMILES string of the molecule is Cc1cc(F)ccc1Cc1sc(N)nc1C(C)(C)C. The minimum absolute atomic E-state index is 0.0304. The maximum Gasteiger partial charge on any atom is 0.180 e. The van der Waals surface area contributed by atoms with Crippen LogP contribution in [0.3, 0.4) is 0 Å². The average Bonchev–Trinajstić information content (AvgIpc) is 2.63. The van der Waals surface area contributed by atoms with Crippen molar-refractivity contribution in [2.24, 2.45) is 0 Å². The van der Waals surface area contributed by atoms with E-state index in [4.69, 9.17) is 5.73 Å². The third kappa shape index (κ3) is 3.13. The van der Waals surface area contributed by atoms with Gasteiger partial charge in [0.2, 0.25) is 0 Å². The Morgan fingerprint density at radius 3 is 2.58 bits per heavy atom. The number of rotatable bonds is 2. The number of benzene rings is 1. The number of hydrogen-bond donors (Lipinski definition) is 1. The first-order valence-corrected chi connectivity index (χ1v) is 7.09. The Labute approximate surface area is 117 Å². The molecular weight excluding hydrogens is 259 g/mol. The van der Waals surface area contributed by atoms with Crippen LogP contribution in [-0.2, 0) is 11.8 Å². The summed E-state index contributed by atoms with van der Waals surface area (Å²) in [6.07, 6.45) is 0.758. The molecule has 0 spiro atoms. The van der Waals surface area contributed by atoms with Gasteiger partial charge in [0.25, 0.3) is 0 Å². The number of halogens is 1. The van der Waals surface area contributed by atoms with E-state index in [9.17, 15) is 4.39 Å². The molecule has 2 rings (SSSR count). The molecule has 102 valence electrons. The van der Waals surface area contributed by atoms with E-state index in [0.717, 1.165) is 23.2 Å². The van der Waals surface area contributed by atoms with E-state index in [2.05, 4.69) is 25.8 Å². The highest BCUT2D eigenvalue weighted by Crippen LogP contribution is 2.32. The van der Waals surface area contributed by atoms with Crippen LogP contribution in [0.25, 0.3) is 0 Å². The summed E-state index contributed by atoms with van der Waals surface area (Å²) >= 11 is 1.52. The van der Waals surface area contributed by atoms with E-state index in [1.54, 1.807) is 6.07 Å². The Morgan fingerprint density at radius 1 is 1.32 bits per heavy atom. The monoisotopic (exact) mass is 278 g/mol. The summed E-state index contributed by atoms with van der Waals surface area (Å²) in [4.78, 5) is 5.61. The van der Waals surface area contributed by atoms with Crippen LogP contribution in [0.15, 0.2) is 18.2 Å². The fourth-order valence-corrected chi connectivity index (χ4v) is 3.17. The maximum atomic E-state index is 13.1. The lowest BCUT2D eigenvalue weighted by atomic mass is 9.89. The highest BCUT2D eigenvalue weighted by molar-refractivity contribution is 7.15. The van der Waals surface area contributed by atoms with Gasteiger partial charge in [0.1, 0.15) is 5.82 Å². The third-order valence-electron chi connectivity index (χ3n) is 3.08. The van der Waals surface area contributed by atoms with Crippen molar-refractivity contribution >= 4 is 16.5 Å². The van der Waals surface area contributed by atoms with Crippen LogP contribution in [0.2, 0.25) is 0 Å². The summed E-state index contributed by atoms with van der Waals surface area (Å²) in [7, 11) is 0. The van der Waals surface area contributed by atoms with E-state index in [1.165, 1.54) is 22.3 Å². The van der Waals surface area contributed by atoms with E-state index < -0.39 is 0 Å². The molecule has 2 N–H and O–H groups in total. The Bertz CT molecular complexity index is 597. The van der Waals surface area contributed by atoms with Gasteiger partial charge < -0.3 is 5.73 Å². The molecule has 0 saturated carbocycles. The second kappa shape index (κ2) is 4.93. The number of hydrogen-bond acceptors (Lipinski definition) is 3. The summed E-state index contributed by atoms with van der Waals surface area (Å²) in [5.41, 5.74) is 8.93. The van der Waals surface area contributed by atoms with Crippen LogP contribution in [0.5, 0.6) is 0 Å². The summed E-state index contributed by atoms with van der Waals surface area (Å²) in [5, 5.41) is 0.597. The number of nitrogens with two attached hydrogens (primary N) is 1. The second-order valence-corrected chi connectivity index (χ2v) is 6.94. The summed E-state index contributed by atoms with van der Waals surface area (Å²) in [5.74, 6) is -0.193. The molecule has 0 saturated heterocycles. The van der Waals surface area contributed by atoms with Crippen LogP contribution in [0.4, 0.5) is 9.52 Å². The molecule has 0 aliphatic rings. The third-order valence-corrected chi connectivity index (χ3v) is 3.96. The van der Waals surface area contributed by atoms with Crippen molar-refractivity contribution in [2.45, 2.75) is 39.5 Å². The number of aromatic nitrogens is 1. The van der Waals surface area contributed by atoms with Gasteiger partial charge in [0.15, 0.2) is 5.13 Å². The van der Waals surface area contributed by atoms with Crippen LogP contribution in [0.1, 0.15) is 42.5 Å². The van der Waals surface area contributed by atoms with Gasteiger partial charge in [-0.1, -0.05) is 26.8 Å². The zero-order valence-corrected chi connectivity index (χ0v) is 12.6. The molecule has 2 aromatic rings. The van der Waals surface area contributed by atoms with Crippen LogP contribution in [0, 0.1) is 12.7 Å². The molecule has 1 aromatic heterocycles. The normalized spacial score (nSPS) is 11.8. The molecule has 0 unspecified atom stereocenters. The Morgan fingerprint density at radius 2 is 2.00 bits per heavy atom. The smallest absolute Gasteiger partial charge is 0.180 e. The number of thiazole rings is 1. The molecule has 19 heavy (non-hydrogen) atoms. The van der Waals surface area contributed by atoms with Gasteiger partial charge in [-0.2, -0.15) is 0 Å². The minimum atomic E-state index is -0.193. The highest BCUT2D eigenvalue weighted by Gasteiger charge is 2.23. The largest absolute Gasteiger partial charge is 0.375 e. The average molecular weight is 278 g/mol. The highest BCUT2D eigenvalue weighted by atomic mass is 32.1. The van der Waals surface area contributed by atoms with Crippen molar-refractivity contribution in [3.8, 4) is 0 Å². The van der Waals surface area contributed by atoms with Crippen molar-refractivity contribution < 1.29 is 4.39 Å². The fourth-order valence-electron chi connectivity index (χ4n) is 2.11. The molecule has 0 aliphatic heterocycles. The summed E-state index contributed by atoms with van der Waals surface area (Å²) < 4.78 is 13.1. The molecule has 0 fully saturated rings. The first-order valence-electron chi connectivity index (χ1n) is 6.28. The van der Waals surface area contributed by atoms with Crippen molar-refractivity contribution in [1.82, 2.24) is 4.98 Å². The van der Waals surface area contributed by atoms with E-state index in [-0.39, 0.29) is 11.2 Å². The van der Waals surface area contributed by atoms with Crippen LogP contribution in [-0.4, -0.2) is 4.98 Å². The second-order valence-electron chi connectivity index (χ2n) is 5.82. The minimum Gasteiger partial charge on any atom is -0.375 e. The number of nitrogen functional groups attached to an aromatic ring is 1. The summed E-state index contributed by atoms with van der Waals surface area (Å²) in [6, 6.07) is 4.91. The molecular formula is C15H19FN2S. The Hall–Kier alpha value is -1.42. The van der Waals surface area contributed by atoms with Gasteiger partial charge in [-0.05, 0) is 30.2 Å². The standard InChI is InChI=1S/C15H19FN2S/c1-9-7-11(16)6-5-10(9)8-12-13(15(2,3)4)18-14(17)19-12/h5-7H,8H2,1-4H3,(H2,17,18). The van der Waals surface area contributed by atoms with Gasteiger partial charge >= 0.3 is 0 Å². The molecule has 1 heterocycles. The van der Waals surface area contributed by atoms with E-state index in [1.807, 2.05) is 13.0 Å². The lowest BCUT2D eigenvalue weighted by molar-refractivity contribution is 0.568. The van der Waals surface area contributed by atoms with E-state index >= 15 is 0 Å². The fraction of sp³-hybridized carbons (Fsp3) is 0.400. The van der Waals surface area contributed by atoms with Gasteiger partial charge in [-0.25, -0.2) is 9.37 Å². The topological polar surface area (TPSA) is 38.9 Å². The summed E-state index contributed by atoms with van der Waals surface area (Å²) in [6.45, 7) is 8.31. The molecule has 1 aromatic carbocycles. The zero-order chi connectivity index (χ0) is 14.2. The number of anilines is 1. The van der Waals surface area contributed by atoms with Crippen LogP contribution >= 0.6 is 11.3 Å². The van der Waals surface area contributed by atoms with E-state index in [0.29, 0.717) is 5.13 Å². The predicted molar refractivity (Wildman–Crippen MR) is 79.2 cm³/mol. The zero-order valence-electron chi connectivity index (χ0n) is 11.7. The number of nitrogens with zero attached hydrogens (tertiary/aromatic N) is 1. The maximum absolute atomic E-state index is 13.1. The predicted octanol–water partition coefficient (Wildman–Crippen LogP) is 4.06. The molecule has 0 bridgehead atoms. The lowest BCUT2D eigenvalue weighted by Crippen LogP contribution is -2.14. The van der Waals surface area contributed by atoms with Crippen molar-refractivity contribution in [1.29, 1.82) is 0 Å². The lowest BCUT2D eigenvalue weighted by Gasteiger charge is -2.18. The van der Waals surface area contributed by atoms with Crippen molar-refractivity contribution in [3.05, 3.63) is 45.7 Å². The Kier molecular flexibility index (Phi) is 3.63. The molecule has 0 atom stereocenters. The molecule has 0 aliphatic carbocycles. The van der Waals surface area contributed by atoms with Crippen LogP contribution < -0.4 is 5.73 Å².